The van der Waals surface area contributed by atoms with Crippen LogP contribution in [0.25, 0.3) is 0 Å². The summed E-state index contributed by atoms with van der Waals surface area (Å²) in [5.74, 6) is -0.352. The molecule has 0 radical (unpaired) electrons. The highest BCUT2D eigenvalue weighted by Gasteiger charge is 2.20. The number of nitrogens with zero attached hydrogens (tertiary/aromatic N) is 1. The Balaban J connectivity index is 1.97. The maximum atomic E-state index is 12.5. The molecule has 0 bridgehead atoms. The second kappa shape index (κ2) is 9.72. The van der Waals surface area contributed by atoms with Crippen molar-refractivity contribution in [2.45, 2.75) is 31.3 Å². The van der Waals surface area contributed by atoms with Crippen LogP contribution in [0.1, 0.15) is 18.1 Å². The average Bonchev–Trinajstić information content (AvgIpc) is 2.64. The molecule has 27 heavy (non-hydrogen) atoms. The molecule has 2 rings (SSSR count). The lowest BCUT2D eigenvalue weighted by Crippen LogP contribution is -2.47. The number of nitro groups is 1. The minimum absolute atomic E-state index is 0.0140. The standard InChI is InChI=1S/C19H21N3O4S/c1-13-6-8-15(9-7-13)11-20-19(24)18(21-14(2)23)12-27-17-5-3-4-16(10-17)22(25)26/h3-10,18H,11-12H2,1-2H3,(H,20,24)(H,21,23). The van der Waals surface area contributed by atoms with E-state index in [1.807, 2.05) is 31.2 Å². The molecular weight excluding hydrogens is 366 g/mol. The van der Waals surface area contributed by atoms with Crippen LogP contribution < -0.4 is 10.6 Å². The van der Waals surface area contributed by atoms with E-state index in [2.05, 4.69) is 10.6 Å². The molecule has 0 spiro atoms. The van der Waals surface area contributed by atoms with Gasteiger partial charge in [0, 0.05) is 36.2 Å². The van der Waals surface area contributed by atoms with Gasteiger partial charge in [-0.15, -0.1) is 11.8 Å². The smallest absolute Gasteiger partial charge is 0.270 e. The number of rotatable bonds is 8. The minimum atomic E-state index is -0.739. The first kappa shape index (κ1) is 20.4. The molecule has 0 aliphatic heterocycles. The number of thioether (sulfide) groups is 1. The van der Waals surface area contributed by atoms with E-state index in [1.54, 1.807) is 12.1 Å². The summed E-state index contributed by atoms with van der Waals surface area (Å²) in [5.41, 5.74) is 2.08. The van der Waals surface area contributed by atoms with Gasteiger partial charge in [0.1, 0.15) is 6.04 Å². The lowest BCUT2D eigenvalue weighted by molar-refractivity contribution is -0.385. The Bertz CT molecular complexity index is 824. The van der Waals surface area contributed by atoms with Crippen molar-refractivity contribution in [1.82, 2.24) is 10.6 Å². The van der Waals surface area contributed by atoms with Crippen LogP contribution in [0.15, 0.2) is 53.4 Å². The zero-order valence-corrected chi connectivity index (χ0v) is 15.9. The number of aryl methyl sites for hydroxylation is 1. The Morgan fingerprint density at radius 1 is 1.19 bits per heavy atom. The van der Waals surface area contributed by atoms with Gasteiger partial charge in [0.2, 0.25) is 11.8 Å². The average molecular weight is 387 g/mol. The molecule has 1 atom stereocenters. The molecule has 7 nitrogen and oxygen atoms in total. The van der Waals surface area contributed by atoms with Gasteiger partial charge in [-0.25, -0.2) is 0 Å². The predicted molar refractivity (Wildman–Crippen MR) is 104 cm³/mol. The quantitative estimate of drug-likeness (QED) is 0.412. The molecule has 2 N–H and O–H groups in total. The number of hydrogen-bond acceptors (Lipinski definition) is 5. The molecule has 0 fully saturated rings. The number of hydrogen-bond donors (Lipinski definition) is 2. The first-order valence-corrected chi connectivity index (χ1v) is 9.31. The molecule has 2 aromatic carbocycles. The van der Waals surface area contributed by atoms with Crippen molar-refractivity contribution in [3.05, 3.63) is 69.8 Å². The molecule has 8 heteroatoms. The van der Waals surface area contributed by atoms with Crippen LogP contribution in [0, 0.1) is 17.0 Å². The van der Waals surface area contributed by atoms with Gasteiger partial charge in [-0.3, -0.25) is 19.7 Å². The SMILES string of the molecule is CC(=O)NC(CSc1cccc([N+](=O)[O-])c1)C(=O)NCc1ccc(C)cc1. The number of carbonyl (C=O) groups is 2. The van der Waals surface area contributed by atoms with E-state index in [1.165, 1.54) is 30.8 Å². The second-order valence-electron chi connectivity index (χ2n) is 6.02. The highest BCUT2D eigenvalue weighted by atomic mass is 32.2. The zero-order chi connectivity index (χ0) is 19.8. The van der Waals surface area contributed by atoms with E-state index in [-0.39, 0.29) is 23.3 Å². The monoisotopic (exact) mass is 387 g/mol. The maximum absolute atomic E-state index is 12.5. The van der Waals surface area contributed by atoms with Gasteiger partial charge in [0.15, 0.2) is 0 Å². The fraction of sp³-hybridized carbons (Fsp3) is 0.263. The van der Waals surface area contributed by atoms with Crippen LogP contribution in [-0.2, 0) is 16.1 Å². The topological polar surface area (TPSA) is 101 Å². The van der Waals surface area contributed by atoms with Gasteiger partial charge in [0.05, 0.1) is 4.92 Å². The number of benzene rings is 2. The van der Waals surface area contributed by atoms with Crippen LogP contribution in [0.3, 0.4) is 0 Å². The molecule has 0 saturated carbocycles. The van der Waals surface area contributed by atoms with Crippen molar-refractivity contribution in [2.75, 3.05) is 5.75 Å². The van der Waals surface area contributed by atoms with E-state index in [0.717, 1.165) is 11.1 Å². The van der Waals surface area contributed by atoms with Crippen molar-refractivity contribution in [3.8, 4) is 0 Å². The third-order valence-corrected chi connectivity index (χ3v) is 4.81. The fourth-order valence-electron chi connectivity index (χ4n) is 2.31. The van der Waals surface area contributed by atoms with Crippen LogP contribution in [0.5, 0.6) is 0 Å². The molecule has 2 aromatic rings. The lowest BCUT2D eigenvalue weighted by atomic mass is 10.1. The minimum Gasteiger partial charge on any atom is -0.350 e. The summed E-state index contributed by atoms with van der Waals surface area (Å²) in [6.45, 7) is 3.69. The van der Waals surface area contributed by atoms with Gasteiger partial charge in [-0.2, -0.15) is 0 Å². The van der Waals surface area contributed by atoms with E-state index in [4.69, 9.17) is 0 Å². The van der Waals surface area contributed by atoms with Gasteiger partial charge in [-0.05, 0) is 18.6 Å². The number of carbonyl (C=O) groups excluding carboxylic acids is 2. The normalized spacial score (nSPS) is 11.5. The van der Waals surface area contributed by atoms with Crippen LogP contribution in [-0.4, -0.2) is 28.5 Å². The van der Waals surface area contributed by atoms with Gasteiger partial charge in [0.25, 0.3) is 5.69 Å². The Kier molecular flexibility index (Phi) is 7.36. The van der Waals surface area contributed by atoms with Crippen molar-refractivity contribution in [1.29, 1.82) is 0 Å². The molecule has 2 amide bonds. The van der Waals surface area contributed by atoms with Gasteiger partial charge < -0.3 is 10.6 Å². The summed E-state index contributed by atoms with van der Waals surface area (Å²) in [6, 6.07) is 13.2. The molecule has 0 aromatic heterocycles. The molecule has 0 saturated heterocycles. The van der Waals surface area contributed by atoms with Gasteiger partial charge in [-0.1, -0.05) is 35.9 Å². The molecule has 0 heterocycles. The summed E-state index contributed by atoms with van der Waals surface area (Å²) in [7, 11) is 0. The molecule has 0 aliphatic carbocycles. The van der Waals surface area contributed by atoms with Gasteiger partial charge >= 0.3 is 0 Å². The first-order chi connectivity index (χ1) is 12.8. The van der Waals surface area contributed by atoms with E-state index in [0.29, 0.717) is 11.4 Å². The van der Waals surface area contributed by atoms with Crippen molar-refractivity contribution in [3.63, 3.8) is 0 Å². The number of amides is 2. The highest BCUT2D eigenvalue weighted by molar-refractivity contribution is 7.99. The van der Waals surface area contributed by atoms with Crippen molar-refractivity contribution < 1.29 is 14.5 Å². The van der Waals surface area contributed by atoms with Crippen molar-refractivity contribution in [2.24, 2.45) is 0 Å². The number of non-ortho nitro benzene ring substituents is 1. The first-order valence-electron chi connectivity index (χ1n) is 8.33. The summed E-state index contributed by atoms with van der Waals surface area (Å²) in [5, 5.41) is 16.3. The number of nitro benzene ring substituents is 1. The van der Waals surface area contributed by atoms with Crippen LogP contribution in [0.2, 0.25) is 0 Å². The number of nitrogens with one attached hydrogen (secondary N) is 2. The van der Waals surface area contributed by atoms with E-state index < -0.39 is 11.0 Å². The van der Waals surface area contributed by atoms with Crippen LogP contribution >= 0.6 is 11.8 Å². The molecule has 0 aliphatic rings. The Hall–Kier alpha value is -2.87. The Morgan fingerprint density at radius 2 is 1.89 bits per heavy atom. The third kappa shape index (κ3) is 6.74. The zero-order valence-electron chi connectivity index (χ0n) is 15.1. The molecule has 1 unspecified atom stereocenters. The lowest BCUT2D eigenvalue weighted by Gasteiger charge is -2.17. The fourth-order valence-corrected chi connectivity index (χ4v) is 3.29. The third-order valence-electron chi connectivity index (χ3n) is 3.73. The summed E-state index contributed by atoms with van der Waals surface area (Å²) >= 11 is 1.27. The predicted octanol–water partition coefficient (Wildman–Crippen LogP) is 2.82. The van der Waals surface area contributed by atoms with E-state index >= 15 is 0 Å². The van der Waals surface area contributed by atoms with Crippen molar-refractivity contribution >= 4 is 29.3 Å². The Morgan fingerprint density at radius 3 is 2.52 bits per heavy atom. The van der Waals surface area contributed by atoms with Crippen LogP contribution in [0.4, 0.5) is 5.69 Å². The highest BCUT2D eigenvalue weighted by Crippen LogP contribution is 2.23. The summed E-state index contributed by atoms with van der Waals surface area (Å²) in [6.07, 6.45) is 0. The Labute approximate surface area is 161 Å². The summed E-state index contributed by atoms with van der Waals surface area (Å²) < 4.78 is 0. The second-order valence-corrected chi connectivity index (χ2v) is 7.12. The van der Waals surface area contributed by atoms with E-state index in [9.17, 15) is 19.7 Å². The summed E-state index contributed by atoms with van der Waals surface area (Å²) in [4.78, 5) is 35.0. The molecule has 142 valence electrons. The maximum Gasteiger partial charge on any atom is 0.270 e. The molecular formula is C19H21N3O4S. The largest absolute Gasteiger partial charge is 0.350 e.